The number of hydrogen-bond acceptors (Lipinski definition) is 4. The molecule has 9 heteroatoms. The number of nitriles is 1. The van der Waals surface area contributed by atoms with Gasteiger partial charge >= 0.3 is 0 Å². The summed E-state index contributed by atoms with van der Waals surface area (Å²) in [5.74, 6) is -2.14. The van der Waals surface area contributed by atoms with Gasteiger partial charge in [-0.25, -0.2) is 8.78 Å². The van der Waals surface area contributed by atoms with Crippen LogP contribution >= 0.6 is 38.5 Å². The molecule has 1 rings (SSSR count). The molecule has 0 fully saturated rings. The summed E-state index contributed by atoms with van der Waals surface area (Å²) < 4.78 is 26.6. The molecular formula is C9H5BrF2IN5. The van der Waals surface area contributed by atoms with Crippen LogP contribution in [0.4, 0.5) is 14.5 Å². The number of hydrazone groups is 1. The van der Waals surface area contributed by atoms with Gasteiger partial charge in [-0.2, -0.15) is 10.4 Å². The van der Waals surface area contributed by atoms with Crippen molar-refractivity contribution in [1.29, 1.82) is 10.7 Å². The Hall–Kier alpha value is -1.28. The van der Waals surface area contributed by atoms with E-state index in [0.29, 0.717) is 0 Å². The van der Waals surface area contributed by atoms with Crippen molar-refractivity contribution in [2.75, 3.05) is 5.43 Å². The van der Waals surface area contributed by atoms with Gasteiger partial charge in [0.05, 0.1) is 13.7 Å². The molecule has 0 bridgehead atoms. The first-order valence-electron chi connectivity index (χ1n) is 4.29. The van der Waals surface area contributed by atoms with Gasteiger partial charge in [0, 0.05) is 6.07 Å². The summed E-state index contributed by atoms with van der Waals surface area (Å²) in [5.41, 5.74) is 7.01. The SMILES string of the molecule is N#C/C(=N\Nc1cc(F)c(Br)c(F)c1I)C(=N)N. The van der Waals surface area contributed by atoms with Crippen molar-refractivity contribution in [3.63, 3.8) is 0 Å². The molecule has 18 heavy (non-hydrogen) atoms. The fourth-order valence-corrected chi connectivity index (χ4v) is 2.15. The third kappa shape index (κ3) is 3.14. The molecule has 0 spiro atoms. The van der Waals surface area contributed by atoms with Crippen LogP contribution in [0, 0.1) is 31.9 Å². The zero-order valence-electron chi connectivity index (χ0n) is 8.56. The van der Waals surface area contributed by atoms with Crippen LogP contribution in [-0.4, -0.2) is 11.5 Å². The number of benzene rings is 1. The molecule has 1 aromatic rings. The van der Waals surface area contributed by atoms with Crippen LogP contribution in [0.2, 0.25) is 0 Å². The van der Waals surface area contributed by atoms with E-state index in [-0.39, 0.29) is 19.4 Å². The highest BCUT2D eigenvalue weighted by Gasteiger charge is 2.15. The summed E-state index contributed by atoms with van der Waals surface area (Å²) in [4.78, 5) is 0. The molecule has 0 radical (unpaired) electrons. The van der Waals surface area contributed by atoms with Crippen molar-refractivity contribution in [1.82, 2.24) is 0 Å². The first kappa shape index (κ1) is 14.8. The summed E-state index contributed by atoms with van der Waals surface area (Å²) in [7, 11) is 0. The summed E-state index contributed by atoms with van der Waals surface area (Å²) in [6.07, 6.45) is 0. The van der Waals surface area contributed by atoms with Gasteiger partial charge in [0.1, 0.15) is 11.9 Å². The van der Waals surface area contributed by atoms with Gasteiger partial charge in [0.2, 0.25) is 5.71 Å². The fourth-order valence-electron chi connectivity index (χ4n) is 0.916. The van der Waals surface area contributed by atoms with Crippen molar-refractivity contribution in [2.24, 2.45) is 10.8 Å². The summed E-state index contributed by atoms with van der Waals surface area (Å²) in [6.45, 7) is 0. The highest BCUT2D eigenvalue weighted by molar-refractivity contribution is 14.1. The van der Waals surface area contributed by atoms with E-state index < -0.39 is 17.5 Å². The maximum atomic E-state index is 13.5. The quantitative estimate of drug-likeness (QED) is 0.173. The third-order valence-corrected chi connectivity index (χ3v) is 3.53. The van der Waals surface area contributed by atoms with Crippen LogP contribution < -0.4 is 11.2 Å². The number of amidine groups is 1. The highest BCUT2D eigenvalue weighted by Crippen LogP contribution is 2.30. The standard InChI is InChI=1S/C9H5BrF2IN5/c10-6-3(11)1-4(8(13)7(6)12)17-18-5(2-14)9(15)16/h1,17H,(H3,15,16)/b18-5+. The Morgan fingerprint density at radius 3 is 2.72 bits per heavy atom. The van der Waals surface area contributed by atoms with Crippen LogP contribution in [-0.2, 0) is 0 Å². The van der Waals surface area contributed by atoms with E-state index in [0.717, 1.165) is 6.07 Å². The minimum atomic E-state index is -0.813. The van der Waals surface area contributed by atoms with E-state index in [1.165, 1.54) is 0 Å². The van der Waals surface area contributed by atoms with Crippen molar-refractivity contribution < 1.29 is 8.78 Å². The van der Waals surface area contributed by atoms with Crippen LogP contribution in [0.5, 0.6) is 0 Å². The number of hydrogen-bond donors (Lipinski definition) is 3. The highest BCUT2D eigenvalue weighted by atomic mass is 127. The zero-order valence-corrected chi connectivity index (χ0v) is 12.3. The molecule has 0 heterocycles. The summed E-state index contributed by atoms with van der Waals surface area (Å²) in [5, 5.41) is 19.1. The Morgan fingerprint density at radius 2 is 2.22 bits per heavy atom. The lowest BCUT2D eigenvalue weighted by atomic mass is 10.3. The smallest absolute Gasteiger partial charge is 0.201 e. The second-order valence-corrected chi connectivity index (χ2v) is 4.82. The van der Waals surface area contributed by atoms with E-state index in [9.17, 15) is 8.78 Å². The van der Waals surface area contributed by atoms with Crippen LogP contribution in [0.1, 0.15) is 0 Å². The molecule has 0 atom stereocenters. The van der Waals surface area contributed by atoms with E-state index in [1.54, 1.807) is 28.7 Å². The van der Waals surface area contributed by atoms with Gasteiger partial charge in [-0.05, 0) is 38.5 Å². The lowest BCUT2D eigenvalue weighted by Crippen LogP contribution is -2.22. The van der Waals surface area contributed by atoms with E-state index in [4.69, 9.17) is 16.4 Å². The normalized spacial score (nSPS) is 10.9. The lowest BCUT2D eigenvalue weighted by molar-refractivity contribution is 0.568. The predicted molar refractivity (Wildman–Crippen MR) is 75.4 cm³/mol. The third-order valence-electron chi connectivity index (χ3n) is 1.75. The minimum Gasteiger partial charge on any atom is -0.382 e. The largest absolute Gasteiger partial charge is 0.382 e. The predicted octanol–water partition coefficient (Wildman–Crippen LogP) is 2.56. The Labute approximate surface area is 123 Å². The molecule has 0 unspecified atom stereocenters. The molecule has 5 nitrogen and oxygen atoms in total. The van der Waals surface area contributed by atoms with E-state index >= 15 is 0 Å². The van der Waals surface area contributed by atoms with Crippen molar-refractivity contribution in [2.45, 2.75) is 0 Å². The number of nitrogens with zero attached hydrogens (tertiary/aromatic N) is 2. The Bertz CT molecular complexity index is 581. The molecule has 0 aromatic heterocycles. The maximum absolute atomic E-state index is 13.5. The monoisotopic (exact) mass is 427 g/mol. The Balaban J connectivity index is 3.15. The number of halogens is 4. The molecule has 94 valence electrons. The average Bonchev–Trinajstić information content (AvgIpc) is 2.33. The topological polar surface area (TPSA) is 98.0 Å². The number of nitrogens with one attached hydrogen (secondary N) is 2. The Kier molecular flexibility index (Phi) is 4.97. The maximum Gasteiger partial charge on any atom is 0.201 e. The molecule has 0 aliphatic carbocycles. The van der Waals surface area contributed by atoms with Crippen LogP contribution in [0.25, 0.3) is 0 Å². The molecular weight excluding hydrogens is 423 g/mol. The van der Waals surface area contributed by atoms with Crippen molar-refractivity contribution in [3.05, 3.63) is 25.7 Å². The fraction of sp³-hybridized carbons (Fsp3) is 0. The number of nitrogens with two attached hydrogens (primary N) is 1. The second kappa shape index (κ2) is 6.05. The zero-order chi connectivity index (χ0) is 13.9. The van der Waals surface area contributed by atoms with Gasteiger partial charge in [0.15, 0.2) is 11.7 Å². The first-order chi connectivity index (χ1) is 8.38. The van der Waals surface area contributed by atoms with Crippen LogP contribution in [0.15, 0.2) is 15.6 Å². The van der Waals surface area contributed by atoms with Gasteiger partial charge in [-0.1, -0.05) is 0 Å². The minimum absolute atomic E-state index is 0.0304. The molecule has 0 aliphatic heterocycles. The molecule has 4 N–H and O–H groups in total. The average molecular weight is 428 g/mol. The van der Waals surface area contributed by atoms with Crippen LogP contribution in [0.3, 0.4) is 0 Å². The number of rotatable bonds is 3. The molecule has 0 aliphatic rings. The summed E-state index contributed by atoms with van der Waals surface area (Å²) >= 11 is 4.41. The van der Waals surface area contributed by atoms with Crippen molar-refractivity contribution in [3.8, 4) is 6.07 Å². The van der Waals surface area contributed by atoms with Gasteiger partial charge in [0.25, 0.3) is 0 Å². The Morgan fingerprint density at radius 1 is 1.61 bits per heavy atom. The van der Waals surface area contributed by atoms with Gasteiger partial charge in [-0.3, -0.25) is 10.8 Å². The molecule has 0 saturated carbocycles. The van der Waals surface area contributed by atoms with Gasteiger partial charge in [-0.15, -0.1) is 0 Å². The lowest BCUT2D eigenvalue weighted by Gasteiger charge is -2.07. The van der Waals surface area contributed by atoms with E-state index in [1.807, 2.05) is 0 Å². The molecule has 1 aromatic carbocycles. The van der Waals surface area contributed by atoms with E-state index in [2.05, 4.69) is 26.5 Å². The second-order valence-electron chi connectivity index (χ2n) is 2.95. The first-order valence-corrected chi connectivity index (χ1v) is 6.16. The molecule has 0 saturated heterocycles. The molecule has 0 amide bonds. The number of anilines is 1. The van der Waals surface area contributed by atoms with Crippen molar-refractivity contribution >= 4 is 55.8 Å². The summed E-state index contributed by atoms with van der Waals surface area (Å²) in [6, 6.07) is 2.58. The van der Waals surface area contributed by atoms with Gasteiger partial charge < -0.3 is 5.73 Å².